The molecule has 1 aromatic carbocycles. The molecule has 0 saturated carbocycles. The molecule has 0 aliphatic rings. The lowest BCUT2D eigenvalue weighted by Crippen LogP contribution is -2.27. The van der Waals surface area contributed by atoms with Gasteiger partial charge in [-0.15, -0.1) is 11.3 Å². The van der Waals surface area contributed by atoms with Crippen LogP contribution >= 0.6 is 43.2 Å². The summed E-state index contributed by atoms with van der Waals surface area (Å²) in [7, 11) is 0. The van der Waals surface area contributed by atoms with Crippen molar-refractivity contribution in [2.45, 2.75) is 6.54 Å². The Kier molecular flexibility index (Phi) is 5.38. The predicted molar refractivity (Wildman–Crippen MR) is 89.0 cm³/mol. The molecule has 2 rings (SSSR count). The summed E-state index contributed by atoms with van der Waals surface area (Å²) in [4.78, 5) is 23.8. The van der Waals surface area contributed by atoms with Crippen LogP contribution < -0.4 is 10.6 Å². The van der Waals surface area contributed by atoms with Crippen molar-refractivity contribution in [1.82, 2.24) is 5.32 Å². The minimum atomic E-state index is -1.06. The fourth-order valence-corrected chi connectivity index (χ4v) is 3.36. The number of carboxylic acids is 1. The summed E-state index contributed by atoms with van der Waals surface area (Å²) in [6.07, 6.45) is 0. The molecule has 0 radical (unpaired) electrons. The van der Waals surface area contributed by atoms with E-state index >= 15 is 0 Å². The molecule has 5 nitrogen and oxygen atoms in total. The lowest BCUT2D eigenvalue weighted by atomic mass is 10.2. The van der Waals surface area contributed by atoms with Gasteiger partial charge in [-0.3, -0.25) is 0 Å². The Hall–Kier alpha value is -1.38. The molecule has 0 spiro atoms. The molecule has 0 saturated heterocycles. The number of carbonyl (C=O) groups excluding carboxylic acids is 1. The van der Waals surface area contributed by atoms with Crippen LogP contribution in [-0.2, 0) is 6.54 Å². The van der Waals surface area contributed by atoms with Gasteiger partial charge in [0.15, 0.2) is 0 Å². The summed E-state index contributed by atoms with van der Waals surface area (Å²) >= 11 is 8.02. The van der Waals surface area contributed by atoms with Gasteiger partial charge < -0.3 is 15.7 Å². The highest BCUT2D eigenvalue weighted by Crippen LogP contribution is 2.21. The van der Waals surface area contributed by atoms with Crippen LogP contribution in [0.25, 0.3) is 0 Å². The van der Waals surface area contributed by atoms with E-state index in [1.807, 2.05) is 11.4 Å². The Morgan fingerprint density at radius 3 is 2.62 bits per heavy atom. The van der Waals surface area contributed by atoms with Crippen LogP contribution in [0.3, 0.4) is 0 Å². The highest BCUT2D eigenvalue weighted by molar-refractivity contribution is 9.10. The highest BCUT2D eigenvalue weighted by Gasteiger charge is 2.10. The first-order valence-electron chi connectivity index (χ1n) is 5.76. The van der Waals surface area contributed by atoms with Crippen LogP contribution in [0.15, 0.2) is 38.6 Å². The first-order valence-corrected chi connectivity index (χ1v) is 8.23. The van der Waals surface area contributed by atoms with Crippen molar-refractivity contribution in [2.75, 3.05) is 5.32 Å². The van der Waals surface area contributed by atoms with Gasteiger partial charge in [-0.25, -0.2) is 9.59 Å². The second-order valence-electron chi connectivity index (χ2n) is 4.04. The molecule has 0 aliphatic carbocycles. The van der Waals surface area contributed by atoms with E-state index < -0.39 is 12.0 Å². The van der Waals surface area contributed by atoms with Gasteiger partial charge in [0.05, 0.1) is 12.1 Å². The third-order valence-corrected chi connectivity index (χ3v) is 4.89. The number of halogens is 2. The topological polar surface area (TPSA) is 78.4 Å². The lowest BCUT2D eigenvalue weighted by Gasteiger charge is -2.08. The Labute approximate surface area is 141 Å². The number of rotatable bonds is 4. The van der Waals surface area contributed by atoms with E-state index in [4.69, 9.17) is 5.11 Å². The molecule has 0 unspecified atom stereocenters. The zero-order valence-corrected chi connectivity index (χ0v) is 14.5. The average molecular weight is 434 g/mol. The summed E-state index contributed by atoms with van der Waals surface area (Å²) in [5, 5.41) is 16.3. The molecule has 0 aliphatic heterocycles. The number of amides is 2. The molecular weight excluding hydrogens is 424 g/mol. The second kappa shape index (κ2) is 7.06. The van der Waals surface area contributed by atoms with Crippen LogP contribution in [0.5, 0.6) is 0 Å². The molecular formula is C13H10Br2N2O3S. The van der Waals surface area contributed by atoms with Gasteiger partial charge in [0.2, 0.25) is 0 Å². The van der Waals surface area contributed by atoms with E-state index in [1.165, 1.54) is 17.4 Å². The maximum Gasteiger partial charge on any atom is 0.336 e. The first kappa shape index (κ1) is 16.0. The van der Waals surface area contributed by atoms with Gasteiger partial charge in [0, 0.05) is 24.9 Å². The van der Waals surface area contributed by atoms with Crippen molar-refractivity contribution >= 4 is 60.9 Å². The van der Waals surface area contributed by atoms with Crippen LogP contribution in [0.4, 0.5) is 10.5 Å². The predicted octanol–water partition coefficient (Wildman–Crippen LogP) is 4.29. The number of carbonyl (C=O) groups is 2. The second-order valence-corrected chi connectivity index (χ2v) is 6.80. The third kappa shape index (κ3) is 4.55. The number of benzene rings is 1. The molecule has 1 heterocycles. The minimum absolute atomic E-state index is 0.0926. The molecule has 1 aromatic heterocycles. The fraction of sp³-hybridized carbons (Fsp3) is 0.0769. The summed E-state index contributed by atoms with van der Waals surface area (Å²) < 4.78 is 1.44. The van der Waals surface area contributed by atoms with E-state index in [9.17, 15) is 9.59 Å². The molecule has 0 fully saturated rings. The van der Waals surface area contributed by atoms with Gasteiger partial charge in [-0.1, -0.05) is 0 Å². The Morgan fingerprint density at radius 2 is 2.00 bits per heavy atom. The summed E-state index contributed by atoms with van der Waals surface area (Å²) in [5.41, 5.74) is 0.510. The average Bonchev–Trinajstić information content (AvgIpc) is 2.84. The van der Waals surface area contributed by atoms with Crippen LogP contribution in [0.2, 0.25) is 0 Å². The number of urea groups is 1. The van der Waals surface area contributed by atoms with Crippen molar-refractivity contribution in [2.24, 2.45) is 0 Å². The SMILES string of the molecule is O=C(NCc1cc(Br)cs1)Nc1ccc(Br)c(C(=O)O)c1. The number of anilines is 1. The fourth-order valence-electron chi connectivity index (χ4n) is 1.56. The van der Waals surface area contributed by atoms with Crippen LogP contribution in [0, 0.1) is 0 Å². The molecule has 2 amide bonds. The quantitative estimate of drug-likeness (QED) is 0.672. The molecule has 3 N–H and O–H groups in total. The zero-order chi connectivity index (χ0) is 15.4. The largest absolute Gasteiger partial charge is 0.478 e. The maximum atomic E-state index is 11.8. The Balaban J connectivity index is 1.96. The highest BCUT2D eigenvalue weighted by atomic mass is 79.9. The summed E-state index contributed by atoms with van der Waals surface area (Å²) in [6, 6.07) is 6.13. The normalized spacial score (nSPS) is 10.2. The summed E-state index contributed by atoms with van der Waals surface area (Å²) in [5.74, 6) is -1.06. The molecule has 21 heavy (non-hydrogen) atoms. The molecule has 110 valence electrons. The Bertz CT molecular complexity index is 688. The van der Waals surface area contributed by atoms with Crippen LogP contribution in [-0.4, -0.2) is 17.1 Å². The van der Waals surface area contributed by atoms with Gasteiger partial charge in [-0.2, -0.15) is 0 Å². The van der Waals surface area contributed by atoms with E-state index in [0.717, 1.165) is 9.35 Å². The lowest BCUT2D eigenvalue weighted by molar-refractivity contribution is 0.0696. The number of thiophene rings is 1. The number of carboxylic acid groups (broad SMARTS) is 1. The molecule has 2 aromatic rings. The van der Waals surface area contributed by atoms with E-state index in [2.05, 4.69) is 42.5 Å². The van der Waals surface area contributed by atoms with E-state index in [-0.39, 0.29) is 5.56 Å². The maximum absolute atomic E-state index is 11.8. The van der Waals surface area contributed by atoms with E-state index in [1.54, 1.807) is 12.1 Å². The van der Waals surface area contributed by atoms with E-state index in [0.29, 0.717) is 16.7 Å². The van der Waals surface area contributed by atoms with Crippen molar-refractivity contribution in [3.63, 3.8) is 0 Å². The first-order chi connectivity index (χ1) is 9.95. The minimum Gasteiger partial charge on any atom is -0.478 e. The van der Waals surface area contributed by atoms with Crippen LogP contribution in [0.1, 0.15) is 15.2 Å². The monoisotopic (exact) mass is 432 g/mol. The van der Waals surface area contributed by atoms with Crippen molar-refractivity contribution in [3.05, 3.63) is 49.0 Å². The van der Waals surface area contributed by atoms with Crippen molar-refractivity contribution in [1.29, 1.82) is 0 Å². The summed E-state index contributed by atoms with van der Waals surface area (Å²) in [6.45, 7) is 0.407. The van der Waals surface area contributed by atoms with Crippen molar-refractivity contribution in [3.8, 4) is 0 Å². The molecule has 0 atom stereocenters. The standard InChI is InChI=1S/C13H10Br2N2O3S/c14-7-3-9(21-6-7)5-16-13(20)17-8-1-2-11(15)10(4-8)12(18)19/h1-4,6H,5H2,(H,18,19)(H2,16,17,20). The third-order valence-electron chi connectivity index (χ3n) is 2.50. The number of nitrogens with one attached hydrogen (secondary N) is 2. The smallest absolute Gasteiger partial charge is 0.336 e. The van der Waals surface area contributed by atoms with Crippen molar-refractivity contribution < 1.29 is 14.7 Å². The number of hydrogen-bond donors (Lipinski definition) is 3. The number of hydrogen-bond acceptors (Lipinski definition) is 3. The molecule has 0 bridgehead atoms. The van der Waals surface area contributed by atoms with Gasteiger partial charge in [0.25, 0.3) is 0 Å². The van der Waals surface area contributed by atoms with Gasteiger partial charge in [0.1, 0.15) is 0 Å². The number of aromatic carboxylic acids is 1. The van der Waals surface area contributed by atoms with Gasteiger partial charge in [-0.05, 0) is 56.1 Å². The molecule has 8 heteroatoms. The Morgan fingerprint density at radius 1 is 1.24 bits per heavy atom. The zero-order valence-electron chi connectivity index (χ0n) is 10.5. The van der Waals surface area contributed by atoms with Gasteiger partial charge >= 0.3 is 12.0 Å².